The molecule has 2 N–H and O–H groups in total. The summed E-state index contributed by atoms with van der Waals surface area (Å²) in [5.74, 6) is -0.671. The number of carbonyl (C=O) groups is 2. The quantitative estimate of drug-likeness (QED) is 0.689. The van der Waals surface area contributed by atoms with Gasteiger partial charge >= 0.3 is 0 Å². The fraction of sp³-hybridized carbons (Fsp3) is 0.0714. The van der Waals surface area contributed by atoms with Crippen LogP contribution in [-0.4, -0.2) is 18.4 Å². The first-order valence-electron chi connectivity index (χ1n) is 6.17. The summed E-state index contributed by atoms with van der Waals surface area (Å²) in [6.07, 6.45) is 0. The minimum atomic E-state index is -0.541. The minimum absolute atomic E-state index is 0.308. The smallest absolute Gasteiger partial charge is 0.279 e. The van der Waals surface area contributed by atoms with Gasteiger partial charge in [0.15, 0.2) is 6.61 Å². The summed E-state index contributed by atoms with van der Waals surface area (Å²) >= 11 is 7.79. The molecule has 2 amide bonds. The highest BCUT2D eigenvalue weighted by Crippen LogP contribution is 2.32. The molecule has 23 heavy (non-hydrogen) atoms. The van der Waals surface area contributed by atoms with E-state index in [0.717, 1.165) is 8.26 Å². The molecule has 1 aromatic heterocycles. The number of amides is 2. The Morgan fingerprint density at radius 2 is 2.00 bits per heavy atom. The van der Waals surface area contributed by atoms with Gasteiger partial charge in [0.25, 0.3) is 11.8 Å². The Balaban J connectivity index is 1.83. The predicted octanol–water partition coefficient (Wildman–Crippen LogP) is 2.98. The largest absolute Gasteiger partial charge is 0.482 e. The Kier molecular flexibility index (Phi) is 6.15. The second-order valence-electron chi connectivity index (χ2n) is 4.13. The van der Waals surface area contributed by atoms with Gasteiger partial charge in [0.05, 0.1) is 14.2 Å². The Hall–Kier alpha value is -1.89. The molecule has 0 aliphatic heterocycles. The first-order chi connectivity index (χ1) is 11.0. The summed E-state index contributed by atoms with van der Waals surface area (Å²) in [5.41, 5.74) is 4.87. The number of para-hydroxylation sites is 1. The van der Waals surface area contributed by atoms with Gasteiger partial charge in [0, 0.05) is 4.47 Å². The molecule has 6 nitrogen and oxygen atoms in total. The average Bonchev–Trinajstić information content (AvgIpc) is 2.90. The molecule has 0 saturated heterocycles. The van der Waals surface area contributed by atoms with Crippen LogP contribution in [0, 0.1) is 11.3 Å². The van der Waals surface area contributed by atoms with E-state index in [2.05, 4.69) is 42.7 Å². The molecule has 0 bridgehead atoms. The topological polar surface area (TPSA) is 91.2 Å². The van der Waals surface area contributed by atoms with Crippen molar-refractivity contribution in [2.75, 3.05) is 6.61 Å². The molecule has 0 saturated carbocycles. The van der Waals surface area contributed by atoms with E-state index in [1.807, 2.05) is 6.07 Å². The number of hydrazine groups is 1. The molecule has 118 valence electrons. The monoisotopic (exact) mass is 457 g/mol. The van der Waals surface area contributed by atoms with Crippen molar-refractivity contribution in [3.8, 4) is 11.8 Å². The number of nitrogens with zero attached hydrogens (tertiary/aromatic N) is 1. The van der Waals surface area contributed by atoms with Crippen molar-refractivity contribution in [1.82, 2.24) is 10.9 Å². The van der Waals surface area contributed by atoms with Crippen LogP contribution >= 0.6 is 43.2 Å². The number of nitriles is 1. The number of rotatable bonds is 4. The highest BCUT2D eigenvalue weighted by Gasteiger charge is 2.13. The van der Waals surface area contributed by atoms with Crippen LogP contribution in [0.2, 0.25) is 0 Å². The Bertz CT molecular complexity index is 766. The van der Waals surface area contributed by atoms with Crippen molar-refractivity contribution >= 4 is 55.0 Å². The summed E-state index contributed by atoms with van der Waals surface area (Å²) in [6.45, 7) is -0.323. The standard InChI is InChI=1S/C14H9Br2N3O3S/c15-9-5-11(23-13(9)16)14(21)19-18-12(20)7-22-10-4-2-1-3-8(10)6-17/h1-5H,7H2,(H,18,20)(H,19,21). The Labute approximate surface area is 152 Å². The molecule has 0 aliphatic rings. The van der Waals surface area contributed by atoms with Crippen LogP contribution in [0.1, 0.15) is 15.2 Å². The summed E-state index contributed by atoms with van der Waals surface area (Å²) in [4.78, 5) is 24.0. The minimum Gasteiger partial charge on any atom is -0.482 e. The number of hydrogen-bond donors (Lipinski definition) is 2. The third kappa shape index (κ3) is 4.79. The molecule has 0 aliphatic carbocycles. The van der Waals surface area contributed by atoms with E-state index < -0.39 is 11.8 Å². The molecule has 0 unspecified atom stereocenters. The zero-order valence-electron chi connectivity index (χ0n) is 11.4. The number of halogens is 2. The lowest BCUT2D eigenvalue weighted by molar-refractivity contribution is -0.123. The number of benzene rings is 1. The van der Waals surface area contributed by atoms with Gasteiger partial charge in [-0.05, 0) is 50.1 Å². The second kappa shape index (κ2) is 8.10. The van der Waals surface area contributed by atoms with Crippen LogP contribution < -0.4 is 15.6 Å². The van der Waals surface area contributed by atoms with Crippen molar-refractivity contribution in [3.05, 3.63) is 49.0 Å². The lowest BCUT2D eigenvalue weighted by Gasteiger charge is -2.08. The Morgan fingerprint density at radius 1 is 1.26 bits per heavy atom. The lowest BCUT2D eigenvalue weighted by Crippen LogP contribution is -2.43. The number of nitrogens with one attached hydrogen (secondary N) is 2. The highest BCUT2D eigenvalue weighted by atomic mass is 79.9. The van der Waals surface area contributed by atoms with E-state index in [1.54, 1.807) is 30.3 Å². The first-order valence-corrected chi connectivity index (χ1v) is 8.57. The summed E-state index contributed by atoms with van der Waals surface area (Å²) in [5, 5.41) is 8.92. The molecule has 1 aromatic carbocycles. The molecule has 0 atom stereocenters. The number of ether oxygens (including phenoxy) is 1. The lowest BCUT2D eigenvalue weighted by atomic mass is 10.2. The molecule has 9 heteroatoms. The second-order valence-corrected chi connectivity index (χ2v) is 7.36. The molecule has 2 aromatic rings. The fourth-order valence-electron chi connectivity index (χ4n) is 1.51. The molecular formula is C14H9Br2N3O3S. The third-order valence-corrected chi connectivity index (χ3v) is 5.81. The molecule has 0 fully saturated rings. The van der Waals surface area contributed by atoms with Gasteiger partial charge in [-0.1, -0.05) is 12.1 Å². The highest BCUT2D eigenvalue weighted by molar-refractivity contribution is 9.13. The third-order valence-electron chi connectivity index (χ3n) is 2.55. The zero-order valence-corrected chi connectivity index (χ0v) is 15.4. The van der Waals surface area contributed by atoms with E-state index in [4.69, 9.17) is 10.00 Å². The maximum atomic E-state index is 11.8. The van der Waals surface area contributed by atoms with Gasteiger partial charge in [0.1, 0.15) is 11.8 Å². The van der Waals surface area contributed by atoms with Gasteiger partial charge in [0.2, 0.25) is 0 Å². The van der Waals surface area contributed by atoms with Gasteiger partial charge in [-0.25, -0.2) is 0 Å². The predicted molar refractivity (Wildman–Crippen MR) is 92.0 cm³/mol. The van der Waals surface area contributed by atoms with Crippen molar-refractivity contribution in [1.29, 1.82) is 5.26 Å². The van der Waals surface area contributed by atoms with Crippen molar-refractivity contribution < 1.29 is 14.3 Å². The molecule has 0 spiro atoms. The Morgan fingerprint density at radius 3 is 2.65 bits per heavy atom. The van der Waals surface area contributed by atoms with E-state index in [-0.39, 0.29) is 6.61 Å². The van der Waals surface area contributed by atoms with E-state index in [9.17, 15) is 9.59 Å². The van der Waals surface area contributed by atoms with Gasteiger partial charge in [-0.2, -0.15) is 5.26 Å². The van der Waals surface area contributed by atoms with Crippen LogP contribution in [0.25, 0.3) is 0 Å². The fourth-order valence-corrected chi connectivity index (χ4v) is 3.44. The van der Waals surface area contributed by atoms with Crippen molar-refractivity contribution in [2.45, 2.75) is 0 Å². The number of hydrogen-bond acceptors (Lipinski definition) is 5. The van der Waals surface area contributed by atoms with Crippen LogP contribution in [0.5, 0.6) is 5.75 Å². The van der Waals surface area contributed by atoms with Gasteiger partial charge < -0.3 is 4.74 Å². The van der Waals surface area contributed by atoms with Crippen LogP contribution in [0.3, 0.4) is 0 Å². The molecule has 2 rings (SSSR count). The van der Waals surface area contributed by atoms with Crippen LogP contribution in [0.4, 0.5) is 0 Å². The zero-order chi connectivity index (χ0) is 16.8. The van der Waals surface area contributed by atoms with Crippen molar-refractivity contribution in [2.24, 2.45) is 0 Å². The van der Waals surface area contributed by atoms with Crippen molar-refractivity contribution in [3.63, 3.8) is 0 Å². The number of carbonyl (C=O) groups excluding carboxylic acids is 2. The maximum absolute atomic E-state index is 11.8. The average molecular weight is 459 g/mol. The summed E-state index contributed by atoms with van der Waals surface area (Å²) in [6, 6.07) is 10.2. The molecule has 1 heterocycles. The van der Waals surface area contributed by atoms with Gasteiger partial charge in [-0.15, -0.1) is 11.3 Å². The van der Waals surface area contributed by atoms with Crippen LogP contribution in [-0.2, 0) is 4.79 Å². The maximum Gasteiger partial charge on any atom is 0.279 e. The van der Waals surface area contributed by atoms with E-state index in [0.29, 0.717) is 16.2 Å². The normalized spacial score (nSPS) is 9.78. The summed E-state index contributed by atoms with van der Waals surface area (Å²) in [7, 11) is 0. The number of thiophene rings is 1. The SMILES string of the molecule is N#Cc1ccccc1OCC(=O)NNC(=O)c1cc(Br)c(Br)s1. The summed E-state index contributed by atoms with van der Waals surface area (Å²) < 4.78 is 6.80. The van der Waals surface area contributed by atoms with Gasteiger partial charge in [-0.3, -0.25) is 20.4 Å². The molecular weight excluding hydrogens is 450 g/mol. The van der Waals surface area contributed by atoms with Crippen LogP contribution in [0.15, 0.2) is 38.6 Å². The van der Waals surface area contributed by atoms with E-state index >= 15 is 0 Å². The first kappa shape index (κ1) is 17.5. The molecule has 0 radical (unpaired) electrons. The van der Waals surface area contributed by atoms with E-state index in [1.165, 1.54) is 11.3 Å².